The first-order chi connectivity index (χ1) is 15.4. The number of hydrogen-bond acceptors (Lipinski definition) is 5. The van der Waals surface area contributed by atoms with Crippen molar-refractivity contribution in [3.63, 3.8) is 0 Å². The zero-order chi connectivity index (χ0) is 22.7. The van der Waals surface area contributed by atoms with Crippen LogP contribution in [0.25, 0.3) is 5.69 Å². The van der Waals surface area contributed by atoms with Gasteiger partial charge in [-0.05, 0) is 43.2 Å². The number of nitrogens with zero attached hydrogens (tertiary/aromatic N) is 5. The highest BCUT2D eigenvalue weighted by Crippen LogP contribution is 2.25. The Morgan fingerprint density at radius 3 is 2.31 bits per heavy atom. The van der Waals surface area contributed by atoms with Gasteiger partial charge in [0.15, 0.2) is 5.69 Å². The van der Waals surface area contributed by atoms with Crippen LogP contribution in [0.4, 0.5) is 0 Å². The SMILES string of the molecule is COc1ccc(-n2ccc(C(=O)N3CCN(S(=O)(=O)N(C)C4CCCCC4)CC3)n2)cc1. The zero-order valence-corrected chi connectivity index (χ0v) is 19.5. The smallest absolute Gasteiger partial charge is 0.282 e. The standard InChI is InChI=1S/C22H31N5O4S/c1-24(18-6-4-3-5-7-18)32(29,30)26-16-14-25(15-17-26)22(28)21-12-13-27(23-21)19-8-10-20(31-2)11-9-19/h8-13,18H,3-7,14-17H2,1-2H3. The molecule has 1 aromatic carbocycles. The molecule has 1 aliphatic carbocycles. The fraction of sp³-hybridized carbons (Fsp3) is 0.545. The molecule has 2 fully saturated rings. The summed E-state index contributed by atoms with van der Waals surface area (Å²) in [6.07, 6.45) is 6.93. The average molecular weight is 462 g/mol. The molecule has 2 heterocycles. The molecule has 174 valence electrons. The Balaban J connectivity index is 1.36. The van der Waals surface area contributed by atoms with Crippen LogP contribution in [0.5, 0.6) is 5.75 Å². The number of benzene rings is 1. The van der Waals surface area contributed by atoms with Crippen LogP contribution < -0.4 is 4.74 Å². The normalized spacial score (nSPS) is 18.8. The van der Waals surface area contributed by atoms with Crippen molar-refractivity contribution in [3.8, 4) is 11.4 Å². The maximum atomic E-state index is 13.1. The molecular weight excluding hydrogens is 430 g/mol. The highest BCUT2D eigenvalue weighted by molar-refractivity contribution is 7.86. The van der Waals surface area contributed by atoms with Crippen LogP contribution in [0.2, 0.25) is 0 Å². The summed E-state index contributed by atoms with van der Waals surface area (Å²) in [7, 11) is -0.215. The number of rotatable bonds is 6. The summed E-state index contributed by atoms with van der Waals surface area (Å²) in [5, 5.41) is 4.41. The van der Waals surface area contributed by atoms with Gasteiger partial charge in [0.1, 0.15) is 5.75 Å². The number of carbonyl (C=O) groups excluding carboxylic acids is 1. The molecule has 32 heavy (non-hydrogen) atoms. The molecule has 0 spiro atoms. The van der Waals surface area contributed by atoms with Gasteiger partial charge in [-0.1, -0.05) is 19.3 Å². The van der Waals surface area contributed by atoms with Crippen molar-refractivity contribution in [1.82, 2.24) is 23.3 Å². The van der Waals surface area contributed by atoms with Gasteiger partial charge in [-0.25, -0.2) is 4.68 Å². The van der Waals surface area contributed by atoms with Crippen molar-refractivity contribution in [2.24, 2.45) is 0 Å². The first kappa shape index (κ1) is 22.8. The van der Waals surface area contributed by atoms with Gasteiger partial charge in [0, 0.05) is 45.5 Å². The van der Waals surface area contributed by atoms with E-state index in [1.807, 2.05) is 24.3 Å². The second kappa shape index (κ2) is 9.60. The number of methoxy groups -OCH3 is 1. The molecule has 2 aromatic rings. The Kier molecular flexibility index (Phi) is 6.82. The molecular formula is C22H31N5O4S. The van der Waals surface area contributed by atoms with E-state index >= 15 is 0 Å². The average Bonchev–Trinajstić information content (AvgIpc) is 3.34. The van der Waals surface area contributed by atoms with Crippen molar-refractivity contribution >= 4 is 16.1 Å². The molecule has 1 aliphatic heterocycles. The quantitative estimate of drug-likeness (QED) is 0.658. The first-order valence-electron chi connectivity index (χ1n) is 11.1. The molecule has 0 atom stereocenters. The van der Waals surface area contributed by atoms with Crippen LogP contribution in [0.15, 0.2) is 36.5 Å². The van der Waals surface area contributed by atoms with Crippen molar-refractivity contribution in [1.29, 1.82) is 0 Å². The summed E-state index contributed by atoms with van der Waals surface area (Å²) < 4.78 is 36.0. The largest absolute Gasteiger partial charge is 0.497 e. The van der Waals surface area contributed by atoms with Crippen molar-refractivity contribution in [2.75, 3.05) is 40.3 Å². The number of aromatic nitrogens is 2. The van der Waals surface area contributed by atoms with Gasteiger partial charge < -0.3 is 9.64 Å². The van der Waals surface area contributed by atoms with Gasteiger partial charge in [-0.3, -0.25) is 4.79 Å². The number of carbonyl (C=O) groups is 1. The second-order valence-corrected chi connectivity index (χ2v) is 10.3. The molecule has 1 amide bonds. The van der Waals surface area contributed by atoms with Crippen LogP contribution in [0.1, 0.15) is 42.6 Å². The van der Waals surface area contributed by atoms with E-state index in [0.29, 0.717) is 31.9 Å². The van der Waals surface area contributed by atoms with E-state index in [1.54, 1.807) is 40.3 Å². The van der Waals surface area contributed by atoms with Crippen LogP contribution in [0.3, 0.4) is 0 Å². The maximum Gasteiger partial charge on any atom is 0.282 e. The monoisotopic (exact) mass is 461 g/mol. The fourth-order valence-corrected chi connectivity index (χ4v) is 5.99. The summed E-state index contributed by atoms with van der Waals surface area (Å²) in [6, 6.07) is 9.17. The Hall–Kier alpha value is -2.43. The molecule has 0 radical (unpaired) electrons. The third-order valence-electron chi connectivity index (χ3n) is 6.45. The van der Waals surface area contributed by atoms with E-state index in [2.05, 4.69) is 5.10 Å². The van der Waals surface area contributed by atoms with E-state index in [4.69, 9.17) is 4.74 Å². The highest BCUT2D eigenvalue weighted by Gasteiger charge is 2.35. The summed E-state index contributed by atoms with van der Waals surface area (Å²) in [5.41, 5.74) is 1.17. The van der Waals surface area contributed by atoms with Gasteiger partial charge in [-0.2, -0.15) is 22.1 Å². The summed E-state index contributed by atoms with van der Waals surface area (Å²) >= 11 is 0. The third kappa shape index (κ3) is 4.67. The van der Waals surface area contributed by atoms with E-state index in [-0.39, 0.29) is 11.9 Å². The van der Waals surface area contributed by atoms with Crippen molar-refractivity contribution in [3.05, 3.63) is 42.2 Å². The van der Waals surface area contributed by atoms with Gasteiger partial charge in [-0.15, -0.1) is 0 Å². The lowest BCUT2D eigenvalue weighted by Gasteiger charge is -2.38. The predicted molar refractivity (Wildman–Crippen MR) is 121 cm³/mol. The van der Waals surface area contributed by atoms with Gasteiger partial charge in [0.25, 0.3) is 16.1 Å². The molecule has 10 heteroatoms. The number of ether oxygens (including phenoxy) is 1. The molecule has 2 aliphatic rings. The van der Waals surface area contributed by atoms with Crippen LogP contribution >= 0.6 is 0 Å². The minimum absolute atomic E-state index is 0.0790. The summed E-state index contributed by atoms with van der Waals surface area (Å²) in [5.74, 6) is 0.564. The molecule has 1 aromatic heterocycles. The van der Waals surface area contributed by atoms with Crippen molar-refractivity contribution < 1.29 is 17.9 Å². The lowest BCUT2D eigenvalue weighted by molar-refractivity contribution is 0.0686. The maximum absolute atomic E-state index is 13.1. The number of amides is 1. The van der Waals surface area contributed by atoms with Gasteiger partial charge in [0.05, 0.1) is 12.8 Å². The Morgan fingerprint density at radius 2 is 1.69 bits per heavy atom. The molecule has 1 saturated carbocycles. The second-order valence-electron chi connectivity index (χ2n) is 8.35. The van der Waals surface area contributed by atoms with E-state index in [1.165, 1.54) is 10.7 Å². The molecule has 9 nitrogen and oxygen atoms in total. The Labute approximate surface area is 189 Å². The number of piperazine rings is 1. The van der Waals surface area contributed by atoms with Crippen LogP contribution in [-0.2, 0) is 10.2 Å². The molecule has 0 bridgehead atoms. The van der Waals surface area contributed by atoms with Gasteiger partial charge >= 0.3 is 0 Å². The third-order valence-corrected chi connectivity index (χ3v) is 8.49. The molecule has 0 unspecified atom stereocenters. The van der Waals surface area contributed by atoms with Crippen LogP contribution in [-0.4, -0.2) is 84.0 Å². The van der Waals surface area contributed by atoms with E-state index in [9.17, 15) is 13.2 Å². The minimum atomic E-state index is -3.51. The lowest BCUT2D eigenvalue weighted by atomic mass is 9.96. The fourth-order valence-electron chi connectivity index (χ4n) is 4.42. The summed E-state index contributed by atoms with van der Waals surface area (Å²) in [4.78, 5) is 14.6. The van der Waals surface area contributed by atoms with Gasteiger partial charge in [0.2, 0.25) is 0 Å². The Bertz CT molecular complexity index is 1020. The highest BCUT2D eigenvalue weighted by atomic mass is 32.2. The molecule has 0 N–H and O–H groups in total. The molecule has 4 rings (SSSR count). The van der Waals surface area contributed by atoms with E-state index in [0.717, 1.165) is 37.1 Å². The zero-order valence-electron chi connectivity index (χ0n) is 18.7. The first-order valence-corrected chi connectivity index (χ1v) is 12.5. The van der Waals surface area contributed by atoms with E-state index < -0.39 is 10.2 Å². The minimum Gasteiger partial charge on any atom is -0.497 e. The Morgan fingerprint density at radius 1 is 1.03 bits per heavy atom. The molecule has 1 saturated heterocycles. The lowest BCUT2D eigenvalue weighted by Crippen LogP contribution is -2.55. The number of hydrogen-bond donors (Lipinski definition) is 0. The topological polar surface area (TPSA) is 88.0 Å². The predicted octanol–water partition coefficient (Wildman–Crippen LogP) is 2.15. The van der Waals surface area contributed by atoms with Crippen molar-refractivity contribution in [2.45, 2.75) is 38.1 Å². The van der Waals surface area contributed by atoms with Crippen LogP contribution in [0, 0.1) is 0 Å². The summed E-state index contributed by atoms with van der Waals surface area (Å²) in [6.45, 7) is 1.30.